The predicted molar refractivity (Wildman–Crippen MR) is 44.3 cm³/mol. The molecule has 0 aromatic carbocycles. The quantitative estimate of drug-likeness (QED) is 0.666. The monoisotopic (exact) mass is 169 g/mol. The smallest absolute Gasteiger partial charge is 0.115 e. The van der Waals surface area contributed by atoms with E-state index >= 15 is 0 Å². The van der Waals surface area contributed by atoms with Crippen molar-refractivity contribution in [1.29, 1.82) is 0 Å². The largest absolute Gasteiger partial charge is 0.312 e. The SMILES string of the molecule is FCCCNCc1cncnc1. The number of aromatic nitrogens is 2. The summed E-state index contributed by atoms with van der Waals surface area (Å²) in [6, 6.07) is 0. The summed E-state index contributed by atoms with van der Waals surface area (Å²) in [5, 5.41) is 3.08. The zero-order valence-electron chi connectivity index (χ0n) is 6.83. The van der Waals surface area contributed by atoms with E-state index in [-0.39, 0.29) is 6.67 Å². The number of hydrogen-bond donors (Lipinski definition) is 1. The highest BCUT2D eigenvalue weighted by atomic mass is 19.1. The first-order valence-electron chi connectivity index (χ1n) is 3.94. The summed E-state index contributed by atoms with van der Waals surface area (Å²) in [4.78, 5) is 7.72. The van der Waals surface area contributed by atoms with Gasteiger partial charge in [0.1, 0.15) is 6.33 Å². The average molecular weight is 169 g/mol. The van der Waals surface area contributed by atoms with Crippen molar-refractivity contribution in [2.45, 2.75) is 13.0 Å². The molecule has 66 valence electrons. The van der Waals surface area contributed by atoms with Crippen LogP contribution in [0.15, 0.2) is 18.7 Å². The highest BCUT2D eigenvalue weighted by molar-refractivity contribution is 5.01. The fourth-order valence-electron chi connectivity index (χ4n) is 0.846. The van der Waals surface area contributed by atoms with E-state index in [0.717, 1.165) is 5.56 Å². The van der Waals surface area contributed by atoms with Crippen molar-refractivity contribution in [3.05, 3.63) is 24.3 Å². The minimum absolute atomic E-state index is 0.266. The zero-order chi connectivity index (χ0) is 8.65. The summed E-state index contributed by atoms with van der Waals surface area (Å²) in [6.45, 7) is 1.14. The third-order valence-corrected chi connectivity index (χ3v) is 1.43. The summed E-state index contributed by atoms with van der Waals surface area (Å²) in [5.74, 6) is 0. The van der Waals surface area contributed by atoms with Crippen LogP contribution in [0.4, 0.5) is 4.39 Å². The third-order valence-electron chi connectivity index (χ3n) is 1.43. The maximum atomic E-state index is 11.7. The topological polar surface area (TPSA) is 37.8 Å². The lowest BCUT2D eigenvalue weighted by Gasteiger charge is -2.01. The lowest BCUT2D eigenvalue weighted by Crippen LogP contribution is -2.15. The van der Waals surface area contributed by atoms with Crippen LogP contribution in [0.2, 0.25) is 0 Å². The van der Waals surface area contributed by atoms with Crippen LogP contribution in [0.3, 0.4) is 0 Å². The maximum absolute atomic E-state index is 11.7. The van der Waals surface area contributed by atoms with Gasteiger partial charge < -0.3 is 5.32 Å². The standard InChI is InChI=1S/C8H12FN3/c9-2-1-3-10-4-8-5-11-7-12-6-8/h5-7,10H,1-4H2. The Kier molecular flexibility index (Phi) is 4.23. The molecule has 0 atom stereocenters. The van der Waals surface area contributed by atoms with Crippen molar-refractivity contribution in [2.24, 2.45) is 0 Å². The van der Waals surface area contributed by atoms with Gasteiger partial charge in [-0.1, -0.05) is 0 Å². The van der Waals surface area contributed by atoms with Crippen LogP contribution in [-0.2, 0) is 6.54 Å². The molecule has 1 heterocycles. The van der Waals surface area contributed by atoms with E-state index in [4.69, 9.17) is 0 Å². The van der Waals surface area contributed by atoms with Gasteiger partial charge in [-0.2, -0.15) is 0 Å². The van der Waals surface area contributed by atoms with Gasteiger partial charge in [0.15, 0.2) is 0 Å². The van der Waals surface area contributed by atoms with E-state index in [1.807, 2.05) is 0 Å². The molecule has 0 spiro atoms. The number of halogens is 1. The van der Waals surface area contributed by atoms with Crippen molar-refractivity contribution in [1.82, 2.24) is 15.3 Å². The maximum Gasteiger partial charge on any atom is 0.115 e. The second-order valence-electron chi connectivity index (χ2n) is 2.47. The van der Waals surface area contributed by atoms with Crippen LogP contribution >= 0.6 is 0 Å². The molecule has 0 fully saturated rings. The van der Waals surface area contributed by atoms with Crippen molar-refractivity contribution < 1.29 is 4.39 Å². The molecule has 0 saturated heterocycles. The molecular weight excluding hydrogens is 157 g/mol. The summed E-state index contributed by atoms with van der Waals surface area (Å²) in [7, 11) is 0. The second kappa shape index (κ2) is 5.60. The molecule has 1 N–H and O–H groups in total. The van der Waals surface area contributed by atoms with Crippen LogP contribution in [0.25, 0.3) is 0 Å². The summed E-state index contributed by atoms with van der Waals surface area (Å²) in [6.07, 6.45) is 5.55. The average Bonchev–Trinajstić information content (AvgIpc) is 2.14. The van der Waals surface area contributed by atoms with Gasteiger partial charge in [-0.3, -0.25) is 4.39 Å². The minimum atomic E-state index is -0.266. The van der Waals surface area contributed by atoms with Crippen LogP contribution in [0.1, 0.15) is 12.0 Å². The Morgan fingerprint density at radius 1 is 1.33 bits per heavy atom. The molecule has 1 aromatic rings. The van der Waals surface area contributed by atoms with E-state index in [2.05, 4.69) is 15.3 Å². The number of hydrogen-bond acceptors (Lipinski definition) is 3. The van der Waals surface area contributed by atoms with Crippen molar-refractivity contribution in [3.63, 3.8) is 0 Å². The molecule has 3 nitrogen and oxygen atoms in total. The lowest BCUT2D eigenvalue weighted by molar-refractivity contribution is 0.459. The summed E-state index contributed by atoms with van der Waals surface area (Å²) in [5.41, 5.74) is 1.02. The van der Waals surface area contributed by atoms with Gasteiger partial charge in [-0.25, -0.2) is 9.97 Å². The molecule has 12 heavy (non-hydrogen) atoms. The normalized spacial score (nSPS) is 10.1. The van der Waals surface area contributed by atoms with E-state index in [9.17, 15) is 4.39 Å². The molecule has 0 aliphatic heterocycles. The second-order valence-corrected chi connectivity index (χ2v) is 2.47. The Bertz CT molecular complexity index is 203. The molecule has 0 aliphatic rings. The summed E-state index contributed by atoms with van der Waals surface area (Å²) >= 11 is 0. The minimum Gasteiger partial charge on any atom is -0.312 e. The number of nitrogens with zero attached hydrogens (tertiary/aromatic N) is 2. The first-order valence-corrected chi connectivity index (χ1v) is 3.94. The van der Waals surface area contributed by atoms with Crippen molar-refractivity contribution in [2.75, 3.05) is 13.2 Å². The van der Waals surface area contributed by atoms with Crippen LogP contribution in [0.5, 0.6) is 0 Å². The van der Waals surface area contributed by atoms with Crippen LogP contribution in [0, 0.1) is 0 Å². The van der Waals surface area contributed by atoms with E-state index in [0.29, 0.717) is 19.5 Å². The summed E-state index contributed by atoms with van der Waals surface area (Å²) < 4.78 is 11.7. The predicted octanol–water partition coefficient (Wildman–Crippen LogP) is 0.926. The van der Waals surface area contributed by atoms with Gasteiger partial charge in [-0.05, 0) is 13.0 Å². The van der Waals surface area contributed by atoms with Crippen LogP contribution in [-0.4, -0.2) is 23.2 Å². The van der Waals surface area contributed by atoms with Gasteiger partial charge in [0, 0.05) is 24.5 Å². The Morgan fingerprint density at radius 2 is 2.08 bits per heavy atom. The molecule has 0 radical (unpaired) electrons. The highest BCUT2D eigenvalue weighted by Crippen LogP contribution is 1.91. The molecule has 0 bridgehead atoms. The number of nitrogens with one attached hydrogen (secondary N) is 1. The molecule has 0 saturated carbocycles. The van der Waals surface area contributed by atoms with Crippen molar-refractivity contribution in [3.8, 4) is 0 Å². The Hall–Kier alpha value is -1.03. The highest BCUT2D eigenvalue weighted by Gasteiger charge is 1.90. The number of alkyl halides is 1. The Morgan fingerprint density at radius 3 is 2.75 bits per heavy atom. The van der Waals surface area contributed by atoms with Gasteiger partial charge in [0.25, 0.3) is 0 Å². The molecule has 1 rings (SSSR count). The number of rotatable bonds is 5. The lowest BCUT2D eigenvalue weighted by atomic mass is 10.3. The van der Waals surface area contributed by atoms with Gasteiger partial charge in [-0.15, -0.1) is 0 Å². The van der Waals surface area contributed by atoms with Crippen molar-refractivity contribution >= 4 is 0 Å². The third kappa shape index (κ3) is 3.39. The molecule has 4 heteroatoms. The van der Waals surface area contributed by atoms with Gasteiger partial charge >= 0.3 is 0 Å². The molecule has 0 aliphatic carbocycles. The first-order chi connectivity index (χ1) is 5.93. The fraction of sp³-hybridized carbons (Fsp3) is 0.500. The first kappa shape index (κ1) is 9.06. The van der Waals surface area contributed by atoms with Gasteiger partial charge in [0.2, 0.25) is 0 Å². The molecule has 1 aromatic heterocycles. The van der Waals surface area contributed by atoms with Crippen LogP contribution < -0.4 is 5.32 Å². The fourth-order valence-corrected chi connectivity index (χ4v) is 0.846. The van der Waals surface area contributed by atoms with Gasteiger partial charge in [0.05, 0.1) is 6.67 Å². The van der Waals surface area contributed by atoms with E-state index in [1.165, 1.54) is 6.33 Å². The molecular formula is C8H12FN3. The Balaban J connectivity index is 2.16. The van der Waals surface area contributed by atoms with E-state index in [1.54, 1.807) is 12.4 Å². The van der Waals surface area contributed by atoms with E-state index < -0.39 is 0 Å². The zero-order valence-corrected chi connectivity index (χ0v) is 6.83. The Labute approximate surface area is 71.0 Å². The molecule has 0 unspecified atom stereocenters. The molecule has 0 amide bonds.